The first-order valence-corrected chi connectivity index (χ1v) is 6.55. The molecule has 0 saturated heterocycles. The van der Waals surface area contributed by atoms with Gasteiger partial charge in [0.05, 0.1) is 11.9 Å². The first-order chi connectivity index (χ1) is 9.10. The van der Waals surface area contributed by atoms with E-state index in [9.17, 15) is 0 Å². The third-order valence-corrected chi connectivity index (χ3v) is 3.16. The maximum absolute atomic E-state index is 5.86. The van der Waals surface area contributed by atoms with Gasteiger partial charge in [0.25, 0.3) is 0 Å². The Morgan fingerprint density at radius 2 is 1.84 bits per heavy atom. The Morgan fingerprint density at radius 1 is 1.21 bits per heavy atom. The van der Waals surface area contributed by atoms with Crippen molar-refractivity contribution < 1.29 is 0 Å². The van der Waals surface area contributed by atoms with E-state index >= 15 is 0 Å². The molecule has 0 amide bonds. The van der Waals surface area contributed by atoms with Crippen LogP contribution in [0.4, 0.5) is 11.5 Å². The van der Waals surface area contributed by atoms with Crippen LogP contribution in [0.15, 0.2) is 30.5 Å². The molecule has 0 radical (unpaired) electrons. The molecule has 0 atom stereocenters. The number of aromatic nitrogens is 2. The summed E-state index contributed by atoms with van der Waals surface area (Å²) in [5.74, 6) is 0.652. The van der Waals surface area contributed by atoms with Crippen LogP contribution in [0.2, 0.25) is 5.28 Å². The SMILES string of the molecule is CCc1ccc(CN(C)c2nc(Cl)ncc2N)cc1. The number of rotatable bonds is 4. The number of hydrogen-bond acceptors (Lipinski definition) is 4. The zero-order valence-corrected chi connectivity index (χ0v) is 11.9. The molecule has 0 bridgehead atoms. The molecule has 2 rings (SSSR count). The van der Waals surface area contributed by atoms with Crippen molar-refractivity contribution >= 4 is 23.1 Å². The maximum atomic E-state index is 5.86. The normalized spacial score (nSPS) is 10.5. The molecule has 1 heterocycles. The van der Waals surface area contributed by atoms with Crippen LogP contribution >= 0.6 is 11.6 Å². The van der Waals surface area contributed by atoms with E-state index in [0.29, 0.717) is 11.5 Å². The Morgan fingerprint density at radius 3 is 2.47 bits per heavy atom. The van der Waals surface area contributed by atoms with Gasteiger partial charge in [-0.05, 0) is 29.1 Å². The fourth-order valence-electron chi connectivity index (χ4n) is 1.90. The van der Waals surface area contributed by atoms with Crippen LogP contribution in [0, 0.1) is 0 Å². The van der Waals surface area contributed by atoms with Crippen LogP contribution in [-0.2, 0) is 13.0 Å². The Balaban J connectivity index is 2.15. The number of anilines is 2. The fourth-order valence-corrected chi connectivity index (χ4v) is 2.03. The van der Waals surface area contributed by atoms with Crippen LogP contribution in [0.3, 0.4) is 0 Å². The Kier molecular flexibility index (Phi) is 4.22. The van der Waals surface area contributed by atoms with Gasteiger partial charge in [0, 0.05) is 13.6 Å². The number of benzene rings is 1. The molecule has 0 aliphatic rings. The Bertz CT molecular complexity index is 554. The fraction of sp³-hybridized carbons (Fsp3) is 0.286. The topological polar surface area (TPSA) is 55.0 Å². The van der Waals surface area contributed by atoms with Crippen molar-refractivity contribution in [2.75, 3.05) is 17.7 Å². The van der Waals surface area contributed by atoms with E-state index in [0.717, 1.165) is 13.0 Å². The quantitative estimate of drug-likeness (QED) is 0.873. The standard InChI is InChI=1S/C14H17ClN4/c1-3-10-4-6-11(7-5-10)9-19(2)13-12(16)8-17-14(15)18-13/h4-8H,3,9,16H2,1-2H3. The summed E-state index contributed by atoms with van der Waals surface area (Å²) < 4.78 is 0. The maximum Gasteiger partial charge on any atom is 0.224 e. The van der Waals surface area contributed by atoms with Crippen molar-refractivity contribution in [3.05, 3.63) is 46.9 Å². The number of nitrogens with zero attached hydrogens (tertiary/aromatic N) is 3. The van der Waals surface area contributed by atoms with E-state index in [1.807, 2.05) is 11.9 Å². The number of aryl methyl sites for hydroxylation is 1. The number of hydrogen-bond donors (Lipinski definition) is 1. The molecule has 100 valence electrons. The van der Waals surface area contributed by atoms with Gasteiger partial charge in [-0.25, -0.2) is 4.98 Å². The van der Waals surface area contributed by atoms with Crippen LogP contribution in [-0.4, -0.2) is 17.0 Å². The second kappa shape index (κ2) is 5.89. The molecule has 2 aromatic rings. The van der Waals surface area contributed by atoms with E-state index < -0.39 is 0 Å². The first kappa shape index (κ1) is 13.6. The largest absolute Gasteiger partial charge is 0.394 e. The van der Waals surface area contributed by atoms with Crippen LogP contribution in [0.1, 0.15) is 18.1 Å². The number of halogens is 1. The van der Waals surface area contributed by atoms with E-state index in [4.69, 9.17) is 17.3 Å². The van der Waals surface area contributed by atoms with Crippen molar-refractivity contribution in [2.24, 2.45) is 0 Å². The lowest BCUT2D eigenvalue weighted by atomic mass is 10.1. The Hall–Kier alpha value is -1.81. The van der Waals surface area contributed by atoms with E-state index in [-0.39, 0.29) is 5.28 Å². The van der Waals surface area contributed by atoms with Crippen molar-refractivity contribution in [2.45, 2.75) is 19.9 Å². The summed E-state index contributed by atoms with van der Waals surface area (Å²) >= 11 is 5.80. The summed E-state index contributed by atoms with van der Waals surface area (Å²) in [7, 11) is 1.93. The second-order valence-electron chi connectivity index (χ2n) is 4.44. The lowest BCUT2D eigenvalue weighted by Gasteiger charge is -2.19. The lowest BCUT2D eigenvalue weighted by molar-refractivity contribution is 0.892. The minimum absolute atomic E-state index is 0.206. The zero-order chi connectivity index (χ0) is 13.8. The van der Waals surface area contributed by atoms with Gasteiger partial charge in [0.2, 0.25) is 5.28 Å². The molecule has 19 heavy (non-hydrogen) atoms. The van der Waals surface area contributed by atoms with Crippen LogP contribution < -0.4 is 10.6 Å². The Labute approximate surface area is 118 Å². The highest BCUT2D eigenvalue weighted by Crippen LogP contribution is 2.21. The summed E-state index contributed by atoms with van der Waals surface area (Å²) in [6.45, 7) is 2.87. The predicted octanol–water partition coefficient (Wildman–Crippen LogP) is 2.91. The molecule has 0 aliphatic heterocycles. The van der Waals surface area contributed by atoms with Gasteiger partial charge in [-0.1, -0.05) is 31.2 Å². The van der Waals surface area contributed by atoms with Crippen LogP contribution in [0.5, 0.6) is 0 Å². The van der Waals surface area contributed by atoms with E-state index in [2.05, 4.69) is 41.2 Å². The van der Waals surface area contributed by atoms with Gasteiger partial charge in [0.15, 0.2) is 5.82 Å². The molecule has 0 fully saturated rings. The molecular formula is C14H17ClN4. The van der Waals surface area contributed by atoms with E-state index in [1.165, 1.54) is 17.3 Å². The average Bonchev–Trinajstić information content (AvgIpc) is 2.42. The first-order valence-electron chi connectivity index (χ1n) is 6.17. The summed E-state index contributed by atoms with van der Waals surface area (Å²) in [6.07, 6.45) is 2.58. The third-order valence-electron chi connectivity index (χ3n) is 2.98. The molecular weight excluding hydrogens is 260 g/mol. The molecule has 0 unspecified atom stereocenters. The minimum atomic E-state index is 0.206. The molecule has 1 aromatic carbocycles. The highest BCUT2D eigenvalue weighted by Gasteiger charge is 2.09. The zero-order valence-electron chi connectivity index (χ0n) is 11.1. The smallest absolute Gasteiger partial charge is 0.224 e. The molecule has 0 spiro atoms. The molecule has 5 heteroatoms. The van der Waals surface area contributed by atoms with Gasteiger partial charge >= 0.3 is 0 Å². The molecule has 0 aliphatic carbocycles. The van der Waals surface area contributed by atoms with Crippen molar-refractivity contribution in [3.63, 3.8) is 0 Å². The number of nitrogens with two attached hydrogens (primary N) is 1. The predicted molar refractivity (Wildman–Crippen MR) is 79.4 cm³/mol. The van der Waals surface area contributed by atoms with Crippen molar-refractivity contribution in [1.29, 1.82) is 0 Å². The van der Waals surface area contributed by atoms with Gasteiger partial charge in [-0.2, -0.15) is 4.98 Å². The van der Waals surface area contributed by atoms with Crippen molar-refractivity contribution in [1.82, 2.24) is 9.97 Å². The summed E-state index contributed by atoms with van der Waals surface area (Å²) in [5.41, 5.74) is 8.92. The molecule has 2 N–H and O–H groups in total. The molecule has 4 nitrogen and oxygen atoms in total. The second-order valence-corrected chi connectivity index (χ2v) is 4.78. The van der Waals surface area contributed by atoms with Crippen LogP contribution in [0.25, 0.3) is 0 Å². The summed E-state index contributed by atoms with van der Waals surface area (Å²) in [6, 6.07) is 8.52. The number of nitrogen functional groups attached to an aromatic ring is 1. The van der Waals surface area contributed by atoms with Gasteiger partial charge < -0.3 is 10.6 Å². The molecule has 0 saturated carbocycles. The lowest BCUT2D eigenvalue weighted by Crippen LogP contribution is -2.19. The van der Waals surface area contributed by atoms with Crippen molar-refractivity contribution in [3.8, 4) is 0 Å². The van der Waals surface area contributed by atoms with Gasteiger partial charge in [0.1, 0.15) is 0 Å². The summed E-state index contributed by atoms with van der Waals surface area (Å²) in [4.78, 5) is 9.97. The highest BCUT2D eigenvalue weighted by atomic mass is 35.5. The monoisotopic (exact) mass is 276 g/mol. The third kappa shape index (κ3) is 3.35. The highest BCUT2D eigenvalue weighted by molar-refractivity contribution is 6.28. The molecule has 1 aromatic heterocycles. The van der Waals surface area contributed by atoms with E-state index in [1.54, 1.807) is 0 Å². The minimum Gasteiger partial charge on any atom is -0.394 e. The average molecular weight is 277 g/mol. The van der Waals surface area contributed by atoms with Gasteiger partial charge in [-0.15, -0.1) is 0 Å². The van der Waals surface area contributed by atoms with Gasteiger partial charge in [-0.3, -0.25) is 0 Å². The summed E-state index contributed by atoms with van der Waals surface area (Å²) in [5, 5.41) is 0.206.